The van der Waals surface area contributed by atoms with Gasteiger partial charge in [-0.3, -0.25) is 4.79 Å². The highest BCUT2D eigenvalue weighted by atomic mass is 32.1. The maximum atomic E-state index is 11.8. The minimum absolute atomic E-state index is 0.0605. The molecule has 0 spiro atoms. The number of anilines is 1. The molecule has 1 amide bonds. The third kappa shape index (κ3) is 4.17. The molecule has 1 aromatic heterocycles. The number of nitrogens with two attached hydrogens (primary N) is 1. The van der Waals surface area contributed by atoms with Gasteiger partial charge in [-0.2, -0.15) is 0 Å². The Bertz CT molecular complexity index is 488. The number of carbonyl (C=O) groups is 1. The standard InChI is InChI=1S/C13H20N4OS/c1-8(2)16-10(18)7-17(4)13-11(12(14)19)9(3)5-6-15-13/h5-6,8H,7H2,1-4H3,(H2,14,19)(H,16,18). The molecule has 1 aromatic rings. The summed E-state index contributed by atoms with van der Waals surface area (Å²) in [5.41, 5.74) is 7.40. The van der Waals surface area contributed by atoms with Crippen LogP contribution >= 0.6 is 12.2 Å². The van der Waals surface area contributed by atoms with Gasteiger partial charge in [0.1, 0.15) is 10.8 Å². The largest absolute Gasteiger partial charge is 0.389 e. The van der Waals surface area contributed by atoms with Gasteiger partial charge in [0.15, 0.2) is 0 Å². The van der Waals surface area contributed by atoms with E-state index in [-0.39, 0.29) is 23.5 Å². The van der Waals surface area contributed by atoms with Crippen molar-refractivity contribution in [2.24, 2.45) is 5.73 Å². The maximum Gasteiger partial charge on any atom is 0.239 e. The molecule has 3 N–H and O–H groups in total. The van der Waals surface area contributed by atoms with Gasteiger partial charge in [0.25, 0.3) is 0 Å². The molecule has 5 nitrogen and oxygen atoms in total. The molecule has 1 rings (SSSR count). The van der Waals surface area contributed by atoms with Crippen molar-refractivity contribution in [2.75, 3.05) is 18.5 Å². The number of amides is 1. The van der Waals surface area contributed by atoms with Crippen LogP contribution in [0.25, 0.3) is 0 Å². The van der Waals surface area contributed by atoms with Crippen molar-refractivity contribution in [3.8, 4) is 0 Å². The van der Waals surface area contributed by atoms with E-state index in [2.05, 4.69) is 10.3 Å². The molecular formula is C13H20N4OS. The molecule has 1 heterocycles. The topological polar surface area (TPSA) is 71.2 Å². The van der Waals surface area contributed by atoms with Crippen LogP contribution in [0.1, 0.15) is 25.0 Å². The average molecular weight is 280 g/mol. The molecule has 0 aliphatic heterocycles. The molecule has 104 valence electrons. The SMILES string of the molecule is Cc1ccnc(N(C)CC(=O)NC(C)C)c1C(N)=S. The van der Waals surface area contributed by atoms with E-state index in [0.29, 0.717) is 5.82 Å². The summed E-state index contributed by atoms with van der Waals surface area (Å²) in [6, 6.07) is 1.96. The van der Waals surface area contributed by atoms with E-state index in [1.807, 2.05) is 26.8 Å². The van der Waals surface area contributed by atoms with Gasteiger partial charge in [-0.05, 0) is 32.4 Å². The zero-order valence-electron chi connectivity index (χ0n) is 11.7. The number of nitrogens with one attached hydrogen (secondary N) is 1. The van der Waals surface area contributed by atoms with E-state index in [1.54, 1.807) is 18.1 Å². The molecule has 0 bridgehead atoms. The van der Waals surface area contributed by atoms with E-state index >= 15 is 0 Å². The lowest BCUT2D eigenvalue weighted by atomic mass is 10.1. The van der Waals surface area contributed by atoms with E-state index < -0.39 is 0 Å². The Labute approximate surface area is 119 Å². The second-order valence-corrected chi connectivity index (χ2v) is 5.21. The van der Waals surface area contributed by atoms with Crippen LogP contribution in [-0.2, 0) is 4.79 Å². The molecule has 0 saturated heterocycles. The van der Waals surface area contributed by atoms with Gasteiger partial charge in [0.2, 0.25) is 5.91 Å². The van der Waals surface area contributed by atoms with Crippen LogP contribution in [-0.4, -0.2) is 35.5 Å². The lowest BCUT2D eigenvalue weighted by molar-refractivity contribution is -0.120. The Morgan fingerprint density at radius 1 is 1.58 bits per heavy atom. The van der Waals surface area contributed by atoms with Crippen molar-refractivity contribution in [1.82, 2.24) is 10.3 Å². The fourth-order valence-electron chi connectivity index (χ4n) is 1.80. The van der Waals surface area contributed by atoms with Crippen LogP contribution in [0.2, 0.25) is 0 Å². The fourth-order valence-corrected chi connectivity index (χ4v) is 2.05. The van der Waals surface area contributed by atoms with E-state index in [4.69, 9.17) is 18.0 Å². The number of thiocarbonyl (C=S) groups is 1. The molecule has 0 aliphatic rings. The van der Waals surface area contributed by atoms with Crippen LogP contribution in [0.4, 0.5) is 5.82 Å². The summed E-state index contributed by atoms with van der Waals surface area (Å²) in [5, 5.41) is 2.83. The van der Waals surface area contributed by atoms with Crippen molar-refractivity contribution in [1.29, 1.82) is 0 Å². The number of aryl methyl sites for hydroxylation is 1. The Kier molecular flexibility index (Phi) is 5.23. The predicted molar refractivity (Wildman–Crippen MR) is 81.4 cm³/mol. The highest BCUT2D eigenvalue weighted by Gasteiger charge is 2.16. The summed E-state index contributed by atoms with van der Waals surface area (Å²) in [6.45, 7) is 5.97. The molecule has 0 aromatic carbocycles. The van der Waals surface area contributed by atoms with Gasteiger partial charge < -0.3 is 16.0 Å². The second kappa shape index (κ2) is 6.47. The number of nitrogens with zero attached hydrogens (tertiary/aromatic N) is 2. The zero-order valence-corrected chi connectivity index (χ0v) is 12.5. The second-order valence-electron chi connectivity index (χ2n) is 4.77. The zero-order chi connectivity index (χ0) is 14.6. The Hall–Kier alpha value is -1.69. The molecule has 6 heteroatoms. The third-order valence-electron chi connectivity index (χ3n) is 2.58. The highest BCUT2D eigenvalue weighted by Crippen LogP contribution is 2.19. The van der Waals surface area contributed by atoms with Crippen LogP contribution in [0.3, 0.4) is 0 Å². The molecule has 0 radical (unpaired) electrons. The Morgan fingerprint density at radius 3 is 2.74 bits per heavy atom. The van der Waals surface area contributed by atoms with Crippen molar-refractivity contribution in [3.63, 3.8) is 0 Å². The fraction of sp³-hybridized carbons (Fsp3) is 0.462. The average Bonchev–Trinajstić information content (AvgIpc) is 2.26. The first-order chi connectivity index (χ1) is 8.82. The molecule has 0 saturated carbocycles. The highest BCUT2D eigenvalue weighted by molar-refractivity contribution is 7.80. The minimum Gasteiger partial charge on any atom is -0.389 e. The molecule has 0 aliphatic carbocycles. The van der Waals surface area contributed by atoms with Gasteiger partial charge in [0.05, 0.1) is 12.1 Å². The van der Waals surface area contributed by atoms with Crippen LogP contribution in [0.5, 0.6) is 0 Å². The quantitative estimate of drug-likeness (QED) is 0.787. The van der Waals surface area contributed by atoms with Crippen molar-refractivity contribution in [2.45, 2.75) is 26.8 Å². The lowest BCUT2D eigenvalue weighted by Gasteiger charge is -2.22. The molecular weight excluding hydrogens is 260 g/mol. The number of carbonyl (C=O) groups excluding carboxylic acids is 1. The maximum absolute atomic E-state index is 11.8. The van der Waals surface area contributed by atoms with Crippen LogP contribution in [0.15, 0.2) is 12.3 Å². The summed E-state index contributed by atoms with van der Waals surface area (Å²) in [7, 11) is 1.80. The molecule has 0 fully saturated rings. The Balaban J connectivity index is 2.94. The first-order valence-corrected chi connectivity index (χ1v) is 6.49. The first kappa shape index (κ1) is 15.4. The van der Waals surface area contributed by atoms with E-state index in [0.717, 1.165) is 11.1 Å². The normalized spacial score (nSPS) is 10.4. The van der Waals surface area contributed by atoms with E-state index in [1.165, 1.54) is 0 Å². The molecule has 19 heavy (non-hydrogen) atoms. The monoisotopic (exact) mass is 280 g/mol. The van der Waals surface area contributed by atoms with Crippen LogP contribution < -0.4 is 16.0 Å². The number of pyridine rings is 1. The predicted octanol–water partition coefficient (Wildman–Crippen LogP) is 0.985. The summed E-state index contributed by atoms with van der Waals surface area (Å²) in [5.74, 6) is 0.570. The number of aromatic nitrogens is 1. The Morgan fingerprint density at radius 2 is 2.21 bits per heavy atom. The van der Waals surface area contributed by atoms with Gasteiger partial charge in [-0.1, -0.05) is 12.2 Å². The first-order valence-electron chi connectivity index (χ1n) is 6.08. The van der Waals surface area contributed by atoms with Gasteiger partial charge in [-0.15, -0.1) is 0 Å². The summed E-state index contributed by atoms with van der Waals surface area (Å²) < 4.78 is 0. The van der Waals surface area contributed by atoms with E-state index in [9.17, 15) is 4.79 Å². The van der Waals surface area contributed by atoms with Crippen molar-refractivity contribution < 1.29 is 4.79 Å². The number of hydrogen-bond donors (Lipinski definition) is 2. The van der Waals surface area contributed by atoms with Gasteiger partial charge >= 0.3 is 0 Å². The number of hydrogen-bond acceptors (Lipinski definition) is 4. The summed E-state index contributed by atoms with van der Waals surface area (Å²) >= 11 is 5.05. The lowest BCUT2D eigenvalue weighted by Crippen LogP contribution is -2.39. The smallest absolute Gasteiger partial charge is 0.239 e. The number of rotatable bonds is 5. The minimum atomic E-state index is -0.0605. The molecule has 0 unspecified atom stereocenters. The van der Waals surface area contributed by atoms with Gasteiger partial charge in [0, 0.05) is 19.3 Å². The molecule has 0 atom stereocenters. The summed E-state index contributed by atoms with van der Waals surface area (Å²) in [6.07, 6.45) is 1.68. The summed E-state index contributed by atoms with van der Waals surface area (Å²) in [4.78, 5) is 18.1. The van der Waals surface area contributed by atoms with Crippen LogP contribution in [0, 0.1) is 6.92 Å². The number of likely N-dealkylation sites (N-methyl/N-ethyl adjacent to an activating group) is 1. The van der Waals surface area contributed by atoms with Crippen molar-refractivity contribution >= 4 is 28.9 Å². The van der Waals surface area contributed by atoms with Gasteiger partial charge in [-0.25, -0.2) is 4.98 Å². The third-order valence-corrected chi connectivity index (χ3v) is 2.78. The van der Waals surface area contributed by atoms with Crippen molar-refractivity contribution in [3.05, 3.63) is 23.4 Å².